The summed E-state index contributed by atoms with van der Waals surface area (Å²) in [6.45, 7) is 2.99. The van der Waals surface area contributed by atoms with Gasteiger partial charge < -0.3 is 14.8 Å². The molecule has 0 amide bonds. The van der Waals surface area contributed by atoms with Gasteiger partial charge in [0.2, 0.25) is 0 Å². The molecule has 0 saturated carbocycles. The Morgan fingerprint density at radius 2 is 2.44 bits per heavy atom. The lowest BCUT2D eigenvalue weighted by molar-refractivity contribution is 0.000207. The van der Waals surface area contributed by atoms with E-state index < -0.39 is 0 Å². The third kappa shape index (κ3) is 3.35. The molecule has 0 radical (unpaired) electrons. The van der Waals surface area contributed by atoms with Crippen LogP contribution in [0.15, 0.2) is 22.7 Å². The molecular weight excluding hydrogens is 293 g/mol. The van der Waals surface area contributed by atoms with Crippen LogP contribution in [0.3, 0.4) is 0 Å². The third-order valence-corrected chi connectivity index (χ3v) is 3.13. The van der Waals surface area contributed by atoms with Gasteiger partial charge in [-0.2, -0.15) is 0 Å². The average molecular weight is 307 g/mol. The largest absolute Gasteiger partial charge is 0.489 e. The molecule has 88 valence electrons. The lowest BCUT2D eigenvalue weighted by Gasteiger charge is -2.23. The van der Waals surface area contributed by atoms with Gasteiger partial charge in [0.25, 0.3) is 0 Å². The van der Waals surface area contributed by atoms with Crippen molar-refractivity contribution < 1.29 is 9.47 Å². The Labute approximate surface area is 108 Å². The summed E-state index contributed by atoms with van der Waals surface area (Å²) in [5, 5.41) is 3.87. The predicted octanol–water partition coefficient (Wildman–Crippen LogP) is 2.47. The second-order valence-corrected chi connectivity index (χ2v) is 4.91. The zero-order chi connectivity index (χ0) is 11.4. The van der Waals surface area contributed by atoms with E-state index >= 15 is 0 Å². The molecule has 1 aromatic rings. The fourth-order valence-corrected chi connectivity index (χ4v) is 2.01. The van der Waals surface area contributed by atoms with Crippen molar-refractivity contribution in [2.45, 2.75) is 6.10 Å². The van der Waals surface area contributed by atoms with Gasteiger partial charge in [0.05, 0.1) is 11.6 Å². The van der Waals surface area contributed by atoms with Crippen LogP contribution in [0.25, 0.3) is 0 Å². The van der Waals surface area contributed by atoms with Crippen molar-refractivity contribution in [1.29, 1.82) is 0 Å². The molecule has 1 N–H and O–H groups in total. The van der Waals surface area contributed by atoms with Gasteiger partial charge >= 0.3 is 0 Å². The van der Waals surface area contributed by atoms with Gasteiger partial charge in [0, 0.05) is 17.6 Å². The van der Waals surface area contributed by atoms with Gasteiger partial charge in [-0.05, 0) is 18.2 Å². The summed E-state index contributed by atoms with van der Waals surface area (Å²) in [5.41, 5.74) is 0. The summed E-state index contributed by atoms with van der Waals surface area (Å²) in [5.74, 6) is 0.685. The van der Waals surface area contributed by atoms with E-state index in [-0.39, 0.29) is 6.10 Å². The number of hydrogen-bond acceptors (Lipinski definition) is 3. The predicted molar refractivity (Wildman–Crippen MR) is 67.3 cm³/mol. The summed E-state index contributed by atoms with van der Waals surface area (Å²) in [4.78, 5) is 0. The molecule has 1 fully saturated rings. The number of nitrogens with one attached hydrogen (secondary N) is 1. The van der Waals surface area contributed by atoms with Gasteiger partial charge in [-0.1, -0.05) is 27.5 Å². The summed E-state index contributed by atoms with van der Waals surface area (Å²) < 4.78 is 12.1. The molecule has 2 rings (SSSR count). The Hall–Kier alpha value is -0.290. The van der Waals surface area contributed by atoms with E-state index in [9.17, 15) is 0 Å². The maximum absolute atomic E-state index is 6.01. The van der Waals surface area contributed by atoms with Crippen LogP contribution in [0.5, 0.6) is 5.75 Å². The fourth-order valence-electron chi connectivity index (χ4n) is 1.50. The summed E-state index contributed by atoms with van der Waals surface area (Å²) >= 11 is 9.39. The van der Waals surface area contributed by atoms with Crippen molar-refractivity contribution in [2.75, 3.05) is 26.3 Å². The Bertz CT molecular complexity index is 356. The average Bonchev–Trinajstić information content (AvgIpc) is 2.32. The molecule has 3 nitrogen and oxygen atoms in total. The zero-order valence-electron chi connectivity index (χ0n) is 8.71. The first-order valence-electron chi connectivity index (χ1n) is 5.16. The third-order valence-electron chi connectivity index (χ3n) is 2.32. The van der Waals surface area contributed by atoms with E-state index in [0.717, 1.165) is 24.2 Å². The van der Waals surface area contributed by atoms with Crippen molar-refractivity contribution in [3.63, 3.8) is 0 Å². The topological polar surface area (TPSA) is 30.5 Å². The number of hydrogen-bond donors (Lipinski definition) is 1. The molecule has 1 saturated heterocycles. The molecule has 1 aliphatic heterocycles. The summed E-state index contributed by atoms with van der Waals surface area (Å²) in [7, 11) is 0. The van der Waals surface area contributed by atoms with Crippen molar-refractivity contribution in [2.24, 2.45) is 0 Å². The normalized spacial score (nSPS) is 20.8. The molecule has 0 aromatic heterocycles. The van der Waals surface area contributed by atoms with E-state index in [0.29, 0.717) is 17.4 Å². The highest BCUT2D eigenvalue weighted by Crippen LogP contribution is 2.28. The minimum Gasteiger partial charge on any atom is -0.489 e. The number of ether oxygens (including phenoxy) is 2. The smallest absolute Gasteiger partial charge is 0.139 e. The Kier molecular flexibility index (Phi) is 4.46. The van der Waals surface area contributed by atoms with E-state index in [4.69, 9.17) is 21.1 Å². The van der Waals surface area contributed by atoms with Gasteiger partial charge in [0.1, 0.15) is 18.5 Å². The Morgan fingerprint density at radius 1 is 1.56 bits per heavy atom. The molecule has 0 aliphatic carbocycles. The van der Waals surface area contributed by atoms with E-state index in [2.05, 4.69) is 21.2 Å². The van der Waals surface area contributed by atoms with E-state index in [1.807, 2.05) is 12.1 Å². The lowest BCUT2D eigenvalue weighted by Crippen LogP contribution is -2.41. The van der Waals surface area contributed by atoms with Crippen LogP contribution in [0.2, 0.25) is 5.02 Å². The van der Waals surface area contributed by atoms with Crippen LogP contribution in [0.1, 0.15) is 0 Å². The molecular formula is C11H13BrClNO2. The summed E-state index contributed by atoms with van der Waals surface area (Å²) in [6, 6.07) is 5.55. The van der Waals surface area contributed by atoms with Crippen molar-refractivity contribution in [3.8, 4) is 5.75 Å². The number of morpholine rings is 1. The van der Waals surface area contributed by atoms with Crippen molar-refractivity contribution in [1.82, 2.24) is 5.32 Å². The first-order chi connectivity index (χ1) is 7.75. The fraction of sp³-hybridized carbons (Fsp3) is 0.455. The van der Waals surface area contributed by atoms with Crippen LogP contribution < -0.4 is 10.1 Å². The van der Waals surface area contributed by atoms with Gasteiger partial charge in [-0.3, -0.25) is 0 Å². The van der Waals surface area contributed by atoms with Gasteiger partial charge in [-0.25, -0.2) is 0 Å². The van der Waals surface area contributed by atoms with Gasteiger partial charge in [0.15, 0.2) is 0 Å². The van der Waals surface area contributed by atoms with Gasteiger partial charge in [-0.15, -0.1) is 0 Å². The maximum Gasteiger partial charge on any atom is 0.139 e. The number of rotatable bonds is 3. The monoisotopic (exact) mass is 305 g/mol. The molecule has 1 aliphatic rings. The lowest BCUT2D eigenvalue weighted by atomic mass is 10.3. The number of benzene rings is 1. The highest BCUT2D eigenvalue weighted by molar-refractivity contribution is 9.10. The van der Waals surface area contributed by atoms with E-state index in [1.165, 1.54) is 0 Å². The Balaban J connectivity index is 1.90. The molecule has 0 bridgehead atoms. The first kappa shape index (κ1) is 12.2. The van der Waals surface area contributed by atoms with Crippen LogP contribution in [0, 0.1) is 0 Å². The Morgan fingerprint density at radius 3 is 3.19 bits per heavy atom. The summed E-state index contributed by atoms with van der Waals surface area (Å²) in [6.07, 6.45) is 0.101. The van der Waals surface area contributed by atoms with Crippen molar-refractivity contribution in [3.05, 3.63) is 27.7 Å². The number of halogens is 2. The minimum atomic E-state index is 0.101. The minimum absolute atomic E-state index is 0.101. The molecule has 16 heavy (non-hydrogen) atoms. The first-order valence-corrected chi connectivity index (χ1v) is 6.33. The second kappa shape index (κ2) is 5.87. The van der Waals surface area contributed by atoms with Crippen LogP contribution in [-0.4, -0.2) is 32.4 Å². The molecule has 1 unspecified atom stereocenters. The molecule has 0 spiro atoms. The quantitative estimate of drug-likeness (QED) is 0.930. The standard InChI is InChI=1S/C11H13BrClNO2/c12-8-1-2-10(13)11(5-8)16-7-9-6-14-3-4-15-9/h1-2,5,9,14H,3-4,6-7H2. The SMILES string of the molecule is Clc1ccc(Br)cc1OCC1CNCCO1. The zero-order valence-corrected chi connectivity index (χ0v) is 11.1. The van der Waals surface area contributed by atoms with Crippen molar-refractivity contribution >= 4 is 27.5 Å². The molecule has 1 atom stereocenters. The molecule has 1 heterocycles. The van der Waals surface area contributed by atoms with E-state index in [1.54, 1.807) is 6.07 Å². The van der Waals surface area contributed by atoms with Crippen LogP contribution in [0.4, 0.5) is 0 Å². The van der Waals surface area contributed by atoms with Crippen LogP contribution in [-0.2, 0) is 4.74 Å². The maximum atomic E-state index is 6.01. The molecule has 1 aromatic carbocycles. The van der Waals surface area contributed by atoms with Crippen LogP contribution >= 0.6 is 27.5 Å². The highest BCUT2D eigenvalue weighted by atomic mass is 79.9. The highest BCUT2D eigenvalue weighted by Gasteiger charge is 2.14. The second-order valence-electron chi connectivity index (χ2n) is 3.58. The molecule has 5 heteroatoms.